The fourth-order valence-electron chi connectivity index (χ4n) is 0.961. The zero-order valence-electron chi connectivity index (χ0n) is 8.40. The molecule has 2 unspecified atom stereocenters. The fourth-order valence-corrected chi connectivity index (χ4v) is 0.961. The maximum Gasteiger partial charge on any atom is 0.121 e. The zero-order valence-corrected chi connectivity index (χ0v) is 8.40. The molecule has 0 aromatic heterocycles. The van der Waals surface area contributed by atoms with Crippen LogP contribution >= 0.6 is 0 Å². The monoisotopic (exact) mass is 190 g/mol. The van der Waals surface area contributed by atoms with Crippen LogP contribution in [0.5, 0.6) is 5.75 Å². The molecule has 2 atom stereocenters. The second-order valence-corrected chi connectivity index (χ2v) is 3.32. The van der Waals surface area contributed by atoms with E-state index in [1.807, 2.05) is 19.9 Å². The van der Waals surface area contributed by atoms with Crippen LogP contribution < -0.4 is 10.5 Å². The molecule has 0 spiro atoms. The standard InChI is InChI=1S/C11H14N2O/c1-8(13)9(2)14-11-5-3-4-10(6-11)7-12/h3-6,8-9H,13H2,1-2H3. The third-order valence-electron chi connectivity index (χ3n) is 2.03. The third kappa shape index (κ3) is 2.75. The van der Waals surface area contributed by atoms with Crippen LogP contribution in [-0.4, -0.2) is 12.1 Å². The van der Waals surface area contributed by atoms with Crippen molar-refractivity contribution in [1.29, 1.82) is 5.26 Å². The van der Waals surface area contributed by atoms with E-state index in [1.54, 1.807) is 18.2 Å². The van der Waals surface area contributed by atoms with E-state index < -0.39 is 0 Å². The van der Waals surface area contributed by atoms with Gasteiger partial charge >= 0.3 is 0 Å². The van der Waals surface area contributed by atoms with Crippen molar-refractivity contribution in [2.45, 2.75) is 26.0 Å². The molecule has 0 aliphatic rings. The van der Waals surface area contributed by atoms with Crippen LogP contribution in [0.25, 0.3) is 0 Å². The summed E-state index contributed by atoms with van der Waals surface area (Å²) in [6.45, 7) is 3.79. The summed E-state index contributed by atoms with van der Waals surface area (Å²) in [4.78, 5) is 0. The number of hydrogen-bond acceptors (Lipinski definition) is 3. The van der Waals surface area contributed by atoms with Gasteiger partial charge in [0.1, 0.15) is 11.9 Å². The van der Waals surface area contributed by atoms with Gasteiger partial charge in [0.15, 0.2) is 0 Å². The smallest absolute Gasteiger partial charge is 0.121 e. The summed E-state index contributed by atoms with van der Waals surface area (Å²) in [7, 11) is 0. The average Bonchev–Trinajstić information content (AvgIpc) is 2.18. The molecule has 0 aliphatic carbocycles. The Morgan fingerprint density at radius 1 is 1.43 bits per heavy atom. The highest BCUT2D eigenvalue weighted by molar-refractivity contribution is 5.36. The van der Waals surface area contributed by atoms with Crippen molar-refractivity contribution in [2.75, 3.05) is 0 Å². The molecule has 1 aromatic carbocycles. The van der Waals surface area contributed by atoms with Crippen LogP contribution in [0.3, 0.4) is 0 Å². The summed E-state index contributed by atoms with van der Waals surface area (Å²) in [5.74, 6) is 0.689. The van der Waals surface area contributed by atoms with Crippen molar-refractivity contribution in [3.8, 4) is 11.8 Å². The fraction of sp³-hybridized carbons (Fsp3) is 0.364. The molecule has 3 nitrogen and oxygen atoms in total. The van der Waals surface area contributed by atoms with Crippen LogP contribution in [0.1, 0.15) is 19.4 Å². The molecule has 74 valence electrons. The average molecular weight is 190 g/mol. The van der Waals surface area contributed by atoms with Crippen molar-refractivity contribution in [2.24, 2.45) is 5.73 Å². The van der Waals surface area contributed by atoms with Crippen molar-refractivity contribution in [1.82, 2.24) is 0 Å². The molecule has 14 heavy (non-hydrogen) atoms. The molecule has 1 aromatic rings. The highest BCUT2D eigenvalue weighted by Crippen LogP contribution is 2.14. The number of nitriles is 1. The van der Waals surface area contributed by atoms with Crippen molar-refractivity contribution in [3.05, 3.63) is 29.8 Å². The lowest BCUT2D eigenvalue weighted by atomic mass is 10.2. The van der Waals surface area contributed by atoms with E-state index in [-0.39, 0.29) is 12.1 Å². The van der Waals surface area contributed by atoms with Gasteiger partial charge in [-0.1, -0.05) is 6.07 Å². The predicted octanol–water partition coefficient (Wildman–Crippen LogP) is 1.67. The lowest BCUT2D eigenvalue weighted by molar-refractivity contribution is 0.196. The summed E-state index contributed by atoms with van der Waals surface area (Å²) in [6.07, 6.45) is -0.0519. The van der Waals surface area contributed by atoms with Gasteiger partial charge in [0.05, 0.1) is 11.6 Å². The molecule has 0 amide bonds. The molecule has 0 aliphatic heterocycles. The van der Waals surface area contributed by atoms with Gasteiger partial charge in [0.25, 0.3) is 0 Å². The maximum absolute atomic E-state index is 8.68. The van der Waals surface area contributed by atoms with Gasteiger partial charge in [-0.15, -0.1) is 0 Å². The first-order chi connectivity index (χ1) is 6.63. The SMILES string of the molecule is CC(N)C(C)Oc1cccc(C#N)c1. The minimum absolute atomic E-state index is 0.0271. The predicted molar refractivity (Wildman–Crippen MR) is 54.9 cm³/mol. The lowest BCUT2D eigenvalue weighted by Crippen LogP contribution is -2.33. The Kier molecular flexibility index (Phi) is 3.49. The topological polar surface area (TPSA) is 59.0 Å². The molecule has 0 saturated carbocycles. The summed E-state index contributed by atoms with van der Waals surface area (Å²) < 4.78 is 5.54. The molecule has 3 heteroatoms. The minimum Gasteiger partial charge on any atom is -0.489 e. The van der Waals surface area contributed by atoms with E-state index in [0.29, 0.717) is 11.3 Å². The Balaban J connectivity index is 2.73. The Hall–Kier alpha value is -1.53. The molecule has 0 heterocycles. The summed E-state index contributed by atoms with van der Waals surface area (Å²) in [5.41, 5.74) is 6.26. The lowest BCUT2D eigenvalue weighted by Gasteiger charge is -2.17. The summed E-state index contributed by atoms with van der Waals surface area (Å²) >= 11 is 0. The number of ether oxygens (including phenoxy) is 1. The Labute approximate surface area is 84.1 Å². The minimum atomic E-state index is -0.0519. The zero-order chi connectivity index (χ0) is 10.6. The highest BCUT2D eigenvalue weighted by atomic mass is 16.5. The summed E-state index contributed by atoms with van der Waals surface area (Å²) in [6, 6.07) is 9.09. The van der Waals surface area contributed by atoms with E-state index in [1.165, 1.54) is 0 Å². The van der Waals surface area contributed by atoms with Crippen LogP contribution in [0, 0.1) is 11.3 Å². The van der Waals surface area contributed by atoms with E-state index in [0.717, 1.165) is 0 Å². The van der Waals surface area contributed by atoms with Gasteiger partial charge in [-0.3, -0.25) is 0 Å². The van der Waals surface area contributed by atoms with Crippen molar-refractivity contribution < 1.29 is 4.74 Å². The number of nitrogens with zero attached hydrogens (tertiary/aromatic N) is 1. The van der Waals surface area contributed by atoms with Crippen molar-refractivity contribution in [3.63, 3.8) is 0 Å². The molecule has 2 N–H and O–H groups in total. The van der Waals surface area contributed by atoms with Crippen LogP contribution in [0.4, 0.5) is 0 Å². The Morgan fingerprint density at radius 3 is 2.71 bits per heavy atom. The quantitative estimate of drug-likeness (QED) is 0.788. The van der Waals surface area contributed by atoms with E-state index in [9.17, 15) is 0 Å². The van der Waals surface area contributed by atoms with Crippen LogP contribution in [0.15, 0.2) is 24.3 Å². The summed E-state index contributed by atoms with van der Waals surface area (Å²) in [5, 5.41) is 8.68. The second-order valence-electron chi connectivity index (χ2n) is 3.32. The molecular weight excluding hydrogens is 176 g/mol. The normalized spacial score (nSPS) is 14.1. The van der Waals surface area contributed by atoms with E-state index in [4.69, 9.17) is 15.7 Å². The van der Waals surface area contributed by atoms with Gasteiger partial charge in [-0.2, -0.15) is 5.26 Å². The first-order valence-corrected chi connectivity index (χ1v) is 4.56. The van der Waals surface area contributed by atoms with Crippen molar-refractivity contribution >= 4 is 0 Å². The first kappa shape index (κ1) is 10.6. The molecule has 0 saturated heterocycles. The van der Waals surface area contributed by atoms with Crippen LogP contribution in [-0.2, 0) is 0 Å². The first-order valence-electron chi connectivity index (χ1n) is 4.56. The van der Waals surface area contributed by atoms with Gasteiger partial charge in [-0.25, -0.2) is 0 Å². The number of rotatable bonds is 3. The number of hydrogen-bond donors (Lipinski definition) is 1. The van der Waals surface area contributed by atoms with E-state index in [2.05, 4.69) is 6.07 Å². The Bertz CT molecular complexity index is 341. The number of nitrogens with two attached hydrogens (primary N) is 1. The molecule has 1 rings (SSSR count). The Morgan fingerprint density at radius 2 is 2.14 bits per heavy atom. The van der Waals surface area contributed by atoms with Gasteiger partial charge in [-0.05, 0) is 32.0 Å². The maximum atomic E-state index is 8.68. The van der Waals surface area contributed by atoms with Gasteiger partial charge < -0.3 is 10.5 Å². The van der Waals surface area contributed by atoms with E-state index >= 15 is 0 Å². The molecular formula is C11H14N2O. The molecule has 0 radical (unpaired) electrons. The second kappa shape index (κ2) is 4.64. The molecule has 0 fully saturated rings. The number of benzene rings is 1. The molecule has 0 bridgehead atoms. The largest absolute Gasteiger partial charge is 0.489 e. The third-order valence-corrected chi connectivity index (χ3v) is 2.03. The van der Waals surface area contributed by atoms with Gasteiger partial charge in [0.2, 0.25) is 0 Å². The highest BCUT2D eigenvalue weighted by Gasteiger charge is 2.08. The van der Waals surface area contributed by atoms with Crippen LogP contribution in [0.2, 0.25) is 0 Å². The van der Waals surface area contributed by atoms with Gasteiger partial charge in [0, 0.05) is 6.04 Å².